The van der Waals surface area contributed by atoms with Crippen molar-refractivity contribution in [1.29, 1.82) is 0 Å². The Bertz CT molecular complexity index is 331. The molecule has 0 aromatic carbocycles. The van der Waals surface area contributed by atoms with Crippen molar-refractivity contribution in [3.63, 3.8) is 0 Å². The summed E-state index contributed by atoms with van der Waals surface area (Å²) >= 11 is 0. The fourth-order valence-corrected chi connectivity index (χ4v) is 1.58. The second kappa shape index (κ2) is 4.38. The summed E-state index contributed by atoms with van der Waals surface area (Å²) in [6.45, 7) is 1.87. The Balaban J connectivity index is 2.50. The molecular formula is C9H15N3O4. The van der Waals surface area contributed by atoms with E-state index in [-0.39, 0.29) is 13.1 Å². The first-order valence-electron chi connectivity index (χ1n) is 4.89. The van der Waals surface area contributed by atoms with Crippen molar-refractivity contribution < 1.29 is 19.5 Å². The van der Waals surface area contributed by atoms with Gasteiger partial charge in [0.25, 0.3) is 0 Å². The third-order valence-electron chi connectivity index (χ3n) is 2.69. The smallest absolute Gasteiger partial charge is 0.317 e. The van der Waals surface area contributed by atoms with Crippen LogP contribution in [0, 0.1) is 5.41 Å². The minimum atomic E-state index is -0.919. The summed E-state index contributed by atoms with van der Waals surface area (Å²) in [5, 5.41) is 11.3. The molecule has 0 saturated carbocycles. The Morgan fingerprint density at radius 2 is 2.12 bits per heavy atom. The lowest BCUT2D eigenvalue weighted by molar-refractivity contribution is -0.147. The molecular weight excluding hydrogens is 214 g/mol. The van der Waals surface area contributed by atoms with Crippen molar-refractivity contribution in [2.24, 2.45) is 11.1 Å². The molecule has 0 aromatic heterocycles. The molecule has 0 spiro atoms. The fourth-order valence-electron chi connectivity index (χ4n) is 1.58. The summed E-state index contributed by atoms with van der Waals surface area (Å²) in [6, 6.07) is -0.455. The lowest BCUT2D eigenvalue weighted by Crippen LogP contribution is -2.43. The molecule has 7 heteroatoms. The van der Waals surface area contributed by atoms with Crippen LogP contribution in [0.5, 0.6) is 0 Å². The molecule has 1 fully saturated rings. The zero-order valence-electron chi connectivity index (χ0n) is 9.02. The lowest BCUT2D eigenvalue weighted by Gasteiger charge is -2.20. The number of hydrogen-bond acceptors (Lipinski definition) is 3. The Kier molecular flexibility index (Phi) is 3.36. The molecule has 1 atom stereocenters. The van der Waals surface area contributed by atoms with Gasteiger partial charge < -0.3 is 21.1 Å². The van der Waals surface area contributed by atoms with Crippen molar-refractivity contribution in [2.45, 2.75) is 13.3 Å². The average Bonchev–Trinajstić information content (AvgIpc) is 2.59. The third kappa shape index (κ3) is 2.62. The Labute approximate surface area is 92.6 Å². The highest BCUT2D eigenvalue weighted by Crippen LogP contribution is 2.29. The van der Waals surface area contributed by atoms with Gasteiger partial charge in [-0.05, 0) is 13.3 Å². The molecule has 16 heavy (non-hydrogen) atoms. The van der Waals surface area contributed by atoms with Crippen LogP contribution in [0.25, 0.3) is 0 Å². The number of nitrogens with one attached hydrogen (secondary N) is 1. The van der Waals surface area contributed by atoms with Crippen LogP contribution in [0.1, 0.15) is 13.3 Å². The molecule has 0 radical (unpaired) electrons. The van der Waals surface area contributed by atoms with E-state index in [0.29, 0.717) is 13.0 Å². The fraction of sp³-hybridized carbons (Fsp3) is 0.667. The molecule has 7 nitrogen and oxygen atoms in total. The summed E-state index contributed by atoms with van der Waals surface area (Å²) in [5.41, 5.74) is 3.98. The topological polar surface area (TPSA) is 113 Å². The molecule has 0 bridgehead atoms. The summed E-state index contributed by atoms with van der Waals surface area (Å²) in [6.07, 6.45) is 0.409. The van der Waals surface area contributed by atoms with Crippen LogP contribution in [-0.2, 0) is 9.59 Å². The van der Waals surface area contributed by atoms with Crippen LogP contribution < -0.4 is 11.1 Å². The van der Waals surface area contributed by atoms with Crippen LogP contribution in [0.2, 0.25) is 0 Å². The number of urea groups is 1. The number of nitrogens with zero attached hydrogens (tertiary/aromatic N) is 1. The number of hydrogen-bond donors (Lipinski definition) is 3. The molecule has 1 aliphatic heterocycles. The van der Waals surface area contributed by atoms with E-state index >= 15 is 0 Å². The first kappa shape index (κ1) is 12.3. The van der Waals surface area contributed by atoms with Gasteiger partial charge in [-0.25, -0.2) is 4.79 Å². The van der Waals surface area contributed by atoms with Crippen molar-refractivity contribution in [3.8, 4) is 0 Å². The van der Waals surface area contributed by atoms with Gasteiger partial charge in [0, 0.05) is 13.1 Å². The van der Waals surface area contributed by atoms with Crippen LogP contribution in [0.15, 0.2) is 0 Å². The quantitative estimate of drug-likeness (QED) is 0.574. The van der Waals surface area contributed by atoms with Crippen molar-refractivity contribution in [2.75, 3.05) is 19.6 Å². The van der Waals surface area contributed by atoms with Crippen LogP contribution in [-0.4, -0.2) is 47.5 Å². The van der Waals surface area contributed by atoms with Gasteiger partial charge in [-0.2, -0.15) is 0 Å². The third-order valence-corrected chi connectivity index (χ3v) is 2.69. The normalized spacial score (nSPS) is 24.2. The van der Waals surface area contributed by atoms with Gasteiger partial charge in [-0.1, -0.05) is 0 Å². The highest BCUT2D eigenvalue weighted by atomic mass is 16.4. The zero-order chi connectivity index (χ0) is 12.3. The predicted octanol–water partition coefficient (Wildman–Crippen LogP) is -1.02. The van der Waals surface area contributed by atoms with E-state index in [1.807, 2.05) is 0 Å². The molecule has 3 amide bonds. The SMILES string of the molecule is CC1(C(=O)O)CCN(C(=O)NCC(N)=O)C1. The molecule has 1 unspecified atom stereocenters. The molecule has 90 valence electrons. The van der Waals surface area contributed by atoms with Crippen LogP contribution in [0.4, 0.5) is 4.79 Å². The molecule has 1 saturated heterocycles. The number of carboxylic acids is 1. The van der Waals surface area contributed by atoms with Crippen LogP contribution in [0.3, 0.4) is 0 Å². The van der Waals surface area contributed by atoms with Gasteiger partial charge in [0.15, 0.2) is 0 Å². The minimum absolute atomic E-state index is 0.146. The van der Waals surface area contributed by atoms with E-state index in [1.165, 1.54) is 4.90 Å². The summed E-state index contributed by atoms with van der Waals surface area (Å²) in [4.78, 5) is 34.2. The van der Waals surface area contributed by atoms with Gasteiger partial charge >= 0.3 is 12.0 Å². The molecule has 1 rings (SSSR count). The van der Waals surface area contributed by atoms with Crippen molar-refractivity contribution >= 4 is 17.9 Å². The average molecular weight is 229 g/mol. The van der Waals surface area contributed by atoms with E-state index in [4.69, 9.17) is 10.8 Å². The molecule has 1 heterocycles. The summed E-state index contributed by atoms with van der Waals surface area (Å²) in [5.74, 6) is -1.55. The second-order valence-corrected chi connectivity index (χ2v) is 4.16. The minimum Gasteiger partial charge on any atom is -0.481 e. The summed E-state index contributed by atoms with van der Waals surface area (Å²) < 4.78 is 0. The monoisotopic (exact) mass is 229 g/mol. The van der Waals surface area contributed by atoms with E-state index in [1.54, 1.807) is 6.92 Å². The number of likely N-dealkylation sites (tertiary alicyclic amines) is 1. The highest BCUT2D eigenvalue weighted by Gasteiger charge is 2.42. The molecule has 1 aliphatic rings. The lowest BCUT2D eigenvalue weighted by atomic mass is 9.90. The zero-order valence-corrected chi connectivity index (χ0v) is 9.02. The number of aliphatic carboxylic acids is 1. The van der Waals surface area contributed by atoms with Gasteiger partial charge in [-0.15, -0.1) is 0 Å². The van der Waals surface area contributed by atoms with Crippen molar-refractivity contribution in [1.82, 2.24) is 10.2 Å². The van der Waals surface area contributed by atoms with Gasteiger partial charge in [0.1, 0.15) is 0 Å². The number of carbonyl (C=O) groups is 3. The maximum Gasteiger partial charge on any atom is 0.317 e. The largest absolute Gasteiger partial charge is 0.481 e. The van der Waals surface area contributed by atoms with Gasteiger partial charge in [-0.3, -0.25) is 9.59 Å². The van der Waals surface area contributed by atoms with Gasteiger partial charge in [0.05, 0.1) is 12.0 Å². The van der Waals surface area contributed by atoms with Crippen LogP contribution >= 0.6 is 0 Å². The Hall–Kier alpha value is -1.79. The van der Waals surface area contributed by atoms with E-state index in [2.05, 4.69) is 5.32 Å². The van der Waals surface area contributed by atoms with E-state index in [9.17, 15) is 14.4 Å². The maximum absolute atomic E-state index is 11.5. The maximum atomic E-state index is 11.5. The van der Waals surface area contributed by atoms with Gasteiger partial charge in [0.2, 0.25) is 5.91 Å². The van der Waals surface area contributed by atoms with E-state index < -0.39 is 23.3 Å². The summed E-state index contributed by atoms with van der Waals surface area (Å²) in [7, 11) is 0. The predicted molar refractivity (Wildman–Crippen MR) is 54.5 cm³/mol. The highest BCUT2D eigenvalue weighted by molar-refractivity contribution is 5.84. The molecule has 4 N–H and O–H groups in total. The second-order valence-electron chi connectivity index (χ2n) is 4.16. The number of amides is 3. The van der Waals surface area contributed by atoms with E-state index in [0.717, 1.165) is 0 Å². The number of rotatable bonds is 3. The molecule has 0 aliphatic carbocycles. The number of primary amides is 1. The Morgan fingerprint density at radius 1 is 1.50 bits per heavy atom. The number of nitrogens with two attached hydrogens (primary N) is 1. The Morgan fingerprint density at radius 3 is 2.56 bits per heavy atom. The van der Waals surface area contributed by atoms with Crippen molar-refractivity contribution in [3.05, 3.63) is 0 Å². The standard InChI is InChI=1S/C9H15N3O4/c1-9(7(14)15)2-3-12(5-9)8(16)11-4-6(10)13/h2-5H2,1H3,(H2,10,13)(H,11,16)(H,14,15). The number of carboxylic acid groups (broad SMARTS) is 1. The first-order chi connectivity index (χ1) is 7.35. The molecule has 0 aromatic rings. The first-order valence-corrected chi connectivity index (χ1v) is 4.89. The number of carbonyl (C=O) groups excluding carboxylic acids is 2.